The molecule has 1 saturated carbocycles. The second kappa shape index (κ2) is 7.48. The fourth-order valence-corrected chi connectivity index (χ4v) is 4.45. The zero-order valence-corrected chi connectivity index (χ0v) is 15.0. The maximum atomic E-state index is 12.9. The number of hydrogen-bond acceptors (Lipinski definition) is 5. The molecule has 1 aliphatic carbocycles. The smallest absolute Gasteiger partial charge is 0.257 e. The van der Waals surface area contributed by atoms with Crippen LogP contribution in [0.2, 0.25) is 0 Å². The molecule has 0 spiro atoms. The first kappa shape index (κ1) is 17.1. The largest absolute Gasteiger partial charge is 0.469 e. The lowest BCUT2D eigenvalue weighted by Crippen LogP contribution is -2.54. The van der Waals surface area contributed by atoms with E-state index in [0.717, 1.165) is 26.0 Å². The number of likely N-dealkylation sites (tertiary alicyclic amines) is 1. The van der Waals surface area contributed by atoms with Crippen LogP contribution in [0.5, 0.6) is 0 Å². The summed E-state index contributed by atoms with van der Waals surface area (Å²) in [6.07, 6.45) is 6.21. The molecule has 6 nitrogen and oxygen atoms in total. The normalized spacial score (nSPS) is 30.0. The van der Waals surface area contributed by atoms with E-state index in [2.05, 4.69) is 4.90 Å². The molecule has 0 N–H and O–H groups in total. The van der Waals surface area contributed by atoms with Gasteiger partial charge in [-0.1, -0.05) is 0 Å². The van der Waals surface area contributed by atoms with Crippen LogP contribution in [0.25, 0.3) is 0 Å². The predicted molar refractivity (Wildman–Crippen MR) is 92.7 cm³/mol. The number of carbonyl (C=O) groups excluding carboxylic acids is 1. The molecule has 3 aliphatic rings. The maximum Gasteiger partial charge on any atom is 0.257 e. The highest BCUT2D eigenvalue weighted by atomic mass is 16.5. The molecular weight excluding hydrogens is 320 g/mol. The number of amides is 1. The number of rotatable bonds is 5. The van der Waals surface area contributed by atoms with Crippen molar-refractivity contribution < 1.29 is 18.7 Å². The summed E-state index contributed by atoms with van der Waals surface area (Å²) in [6, 6.07) is 1.88. The number of aryl methyl sites for hydroxylation is 1. The van der Waals surface area contributed by atoms with E-state index in [1.165, 1.54) is 25.9 Å². The van der Waals surface area contributed by atoms with Gasteiger partial charge in [0.2, 0.25) is 0 Å². The summed E-state index contributed by atoms with van der Waals surface area (Å²) in [5, 5.41) is 0. The highest BCUT2D eigenvalue weighted by Gasteiger charge is 2.45. The number of fused-ring (bicyclic) bond motifs is 1. The van der Waals surface area contributed by atoms with Gasteiger partial charge in [-0.2, -0.15) is 0 Å². The molecule has 1 aromatic rings. The number of carbonyl (C=O) groups is 1. The van der Waals surface area contributed by atoms with Crippen LogP contribution < -0.4 is 0 Å². The molecule has 0 radical (unpaired) electrons. The van der Waals surface area contributed by atoms with Gasteiger partial charge in [0, 0.05) is 13.1 Å². The van der Waals surface area contributed by atoms with Gasteiger partial charge in [0.05, 0.1) is 37.2 Å². The lowest BCUT2D eigenvalue weighted by atomic mass is 10.1. The van der Waals surface area contributed by atoms with Crippen LogP contribution in [0.1, 0.15) is 41.8 Å². The highest BCUT2D eigenvalue weighted by Crippen LogP contribution is 2.33. The third-order valence-electron chi connectivity index (χ3n) is 5.82. The minimum absolute atomic E-state index is 0.00323. The van der Waals surface area contributed by atoms with Crippen molar-refractivity contribution in [3.8, 4) is 0 Å². The zero-order valence-electron chi connectivity index (χ0n) is 15.0. The average Bonchev–Trinajstić information content (AvgIpc) is 3.35. The first-order valence-electron chi connectivity index (χ1n) is 9.54. The van der Waals surface area contributed by atoms with Crippen molar-refractivity contribution in [3.05, 3.63) is 23.7 Å². The minimum Gasteiger partial charge on any atom is -0.469 e. The Labute approximate surface area is 149 Å². The standard InChI is InChI=1S/C19H28N2O4/c1-14-15(6-11-23-14)19(22)21-10-13-25-18-16(21)4-5-17(18)24-12-9-20-7-2-3-8-20/h6,11,16-18H,2-5,7-10,12-13H2,1H3/t16-,17+,18+/m0/s1. The van der Waals surface area contributed by atoms with E-state index in [0.29, 0.717) is 24.5 Å². The van der Waals surface area contributed by atoms with Gasteiger partial charge in [0.1, 0.15) is 11.9 Å². The molecule has 6 heteroatoms. The van der Waals surface area contributed by atoms with E-state index < -0.39 is 0 Å². The lowest BCUT2D eigenvalue weighted by molar-refractivity contribution is -0.106. The molecule has 3 heterocycles. The number of hydrogen-bond donors (Lipinski definition) is 0. The van der Waals surface area contributed by atoms with E-state index in [1.807, 2.05) is 11.8 Å². The highest BCUT2D eigenvalue weighted by molar-refractivity contribution is 5.95. The average molecular weight is 348 g/mol. The van der Waals surface area contributed by atoms with Gasteiger partial charge in [0.15, 0.2) is 0 Å². The second-order valence-corrected chi connectivity index (χ2v) is 7.33. The summed E-state index contributed by atoms with van der Waals surface area (Å²) < 4.78 is 17.5. The minimum atomic E-state index is 0.00323. The zero-order chi connectivity index (χ0) is 17.2. The van der Waals surface area contributed by atoms with E-state index >= 15 is 0 Å². The summed E-state index contributed by atoms with van der Waals surface area (Å²) in [5.41, 5.74) is 0.666. The molecule has 0 bridgehead atoms. The van der Waals surface area contributed by atoms with Gasteiger partial charge in [0.25, 0.3) is 5.91 Å². The molecule has 4 rings (SSSR count). The molecule has 2 aliphatic heterocycles. The Bertz CT molecular complexity index is 596. The van der Waals surface area contributed by atoms with E-state index in [9.17, 15) is 4.79 Å². The third kappa shape index (κ3) is 3.48. The van der Waals surface area contributed by atoms with Gasteiger partial charge in [-0.15, -0.1) is 0 Å². The van der Waals surface area contributed by atoms with Gasteiger partial charge in [-0.3, -0.25) is 4.79 Å². The van der Waals surface area contributed by atoms with E-state index in [1.54, 1.807) is 12.3 Å². The molecular formula is C19H28N2O4. The SMILES string of the molecule is Cc1occc1C(=O)N1CCO[C@H]2[C@H](OCCN3CCCC3)CC[C@@H]21. The van der Waals surface area contributed by atoms with Gasteiger partial charge >= 0.3 is 0 Å². The van der Waals surface area contributed by atoms with Crippen LogP contribution in [0, 0.1) is 6.92 Å². The summed E-state index contributed by atoms with van der Waals surface area (Å²) in [4.78, 5) is 17.3. The molecule has 2 saturated heterocycles. The van der Waals surface area contributed by atoms with Crippen molar-refractivity contribution in [3.63, 3.8) is 0 Å². The molecule has 3 atom stereocenters. The fraction of sp³-hybridized carbons (Fsp3) is 0.737. The van der Waals surface area contributed by atoms with Gasteiger partial charge in [-0.25, -0.2) is 0 Å². The van der Waals surface area contributed by atoms with Crippen LogP contribution in [-0.2, 0) is 9.47 Å². The molecule has 1 amide bonds. The monoisotopic (exact) mass is 348 g/mol. The summed E-state index contributed by atoms with van der Waals surface area (Å²) in [7, 11) is 0. The van der Waals surface area contributed by atoms with Crippen molar-refractivity contribution in [1.29, 1.82) is 0 Å². The van der Waals surface area contributed by atoms with Crippen molar-refractivity contribution in [2.75, 3.05) is 39.4 Å². The Morgan fingerprint density at radius 3 is 2.88 bits per heavy atom. The van der Waals surface area contributed by atoms with Crippen LogP contribution in [0.15, 0.2) is 16.7 Å². The quantitative estimate of drug-likeness (QED) is 0.815. The number of nitrogens with zero attached hydrogens (tertiary/aromatic N) is 2. The van der Waals surface area contributed by atoms with E-state index in [-0.39, 0.29) is 24.2 Å². The van der Waals surface area contributed by atoms with Crippen molar-refractivity contribution in [2.45, 2.75) is 50.9 Å². The topological polar surface area (TPSA) is 55.2 Å². The van der Waals surface area contributed by atoms with Crippen molar-refractivity contribution in [1.82, 2.24) is 9.80 Å². The Morgan fingerprint density at radius 2 is 2.12 bits per heavy atom. The molecule has 0 aromatic carbocycles. The molecule has 0 unspecified atom stereocenters. The van der Waals surface area contributed by atoms with Crippen LogP contribution in [0.4, 0.5) is 0 Å². The Balaban J connectivity index is 1.35. The second-order valence-electron chi connectivity index (χ2n) is 7.33. The number of furan rings is 1. The van der Waals surface area contributed by atoms with Gasteiger partial charge < -0.3 is 23.7 Å². The summed E-state index contributed by atoms with van der Waals surface area (Å²) in [5.74, 6) is 0.742. The Hall–Kier alpha value is -1.37. The van der Waals surface area contributed by atoms with Crippen LogP contribution in [-0.4, -0.2) is 73.3 Å². The number of morpholine rings is 1. The first-order valence-corrected chi connectivity index (χ1v) is 9.54. The predicted octanol–water partition coefficient (Wildman–Crippen LogP) is 2.07. The molecule has 3 fully saturated rings. The van der Waals surface area contributed by atoms with Crippen LogP contribution >= 0.6 is 0 Å². The molecule has 138 valence electrons. The van der Waals surface area contributed by atoms with E-state index in [4.69, 9.17) is 13.9 Å². The molecule has 1 aromatic heterocycles. The van der Waals surface area contributed by atoms with Gasteiger partial charge in [-0.05, 0) is 51.8 Å². The third-order valence-corrected chi connectivity index (χ3v) is 5.82. The fourth-order valence-electron chi connectivity index (χ4n) is 4.45. The first-order chi connectivity index (χ1) is 12.2. The summed E-state index contributed by atoms with van der Waals surface area (Å²) >= 11 is 0. The van der Waals surface area contributed by atoms with Crippen LogP contribution in [0.3, 0.4) is 0 Å². The van der Waals surface area contributed by atoms with Crippen molar-refractivity contribution >= 4 is 5.91 Å². The number of ether oxygens (including phenoxy) is 2. The Kier molecular flexibility index (Phi) is 5.10. The lowest BCUT2D eigenvalue weighted by Gasteiger charge is -2.39. The molecule has 25 heavy (non-hydrogen) atoms. The van der Waals surface area contributed by atoms with Crippen molar-refractivity contribution in [2.24, 2.45) is 0 Å². The maximum absolute atomic E-state index is 12.9. The summed E-state index contributed by atoms with van der Waals surface area (Å²) in [6.45, 7) is 7.22. The Morgan fingerprint density at radius 1 is 1.28 bits per heavy atom.